The highest BCUT2D eigenvalue weighted by molar-refractivity contribution is 5.94. The topological polar surface area (TPSA) is 69.0 Å². The van der Waals surface area contributed by atoms with Gasteiger partial charge in [0.05, 0.1) is 13.7 Å². The predicted molar refractivity (Wildman–Crippen MR) is 79.4 cm³/mol. The molecule has 0 radical (unpaired) electrons. The maximum absolute atomic E-state index is 11.9. The summed E-state index contributed by atoms with van der Waals surface area (Å²) in [4.78, 5) is 11.9. The van der Waals surface area contributed by atoms with Crippen molar-refractivity contribution in [2.24, 2.45) is 0 Å². The van der Waals surface area contributed by atoms with Gasteiger partial charge in [-0.3, -0.25) is 4.79 Å². The second-order valence-corrected chi connectivity index (χ2v) is 4.59. The number of benzene rings is 1. The van der Waals surface area contributed by atoms with Crippen molar-refractivity contribution in [1.29, 1.82) is 0 Å². The van der Waals surface area contributed by atoms with Crippen LogP contribution in [0.1, 0.15) is 21.6 Å². The van der Waals surface area contributed by atoms with Crippen molar-refractivity contribution in [3.05, 3.63) is 53.7 Å². The number of aryl methyl sites for hydroxylation is 1. The summed E-state index contributed by atoms with van der Waals surface area (Å²) in [6.45, 7) is 6.44. The van der Waals surface area contributed by atoms with Crippen LogP contribution in [0.2, 0.25) is 0 Å². The maximum atomic E-state index is 11.9. The van der Waals surface area contributed by atoms with Crippen LogP contribution in [0.15, 0.2) is 36.9 Å². The quantitative estimate of drug-likeness (QED) is 0.818. The predicted octanol–water partition coefficient (Wildman–Crippen LogP) is 1.56. The maximum Gasteiger partial charge on any atom is 0.277 e. The summed E-state index contributed by atoms with van der Waals surface area (Å²) in [5, 5.41) is 10.5. The molecule has 1 amide bonds. The largest absolute Gasteiger partial charge is 0.479 e. The average Bonchev–Trinajstić information content (AvgIpc) is 2.90. The highest BCUT2D eigenvalue weighted by Gasteiger charge is 2.20. The van der Waals surface area contributed by atoms with Gasteiger partial charge in [-0.05, 0) is 12.5 Å². The Bertz CT molecular complexity index is 632. The molecule has 0 fully saturated rings. The minimum absolute atomic E-state index is 0.173. The number of methoxy groups -OCH3 is 1. The lowest BCUT2D eigenvalue weighted by atomic mass is 10.1. The molecule has 21 heavy (non-hydrogen) atoms. The minimum Gasteiger partial charge on any atom is -0.479 e. The average molecular weight is 286 g/mol. The number of nitrogens with one attached hydrogen (secondary N) is 1. The zero-order chi connectivity index (χ0) is 15.2. The molecule has 0 atom stereocenters. The number of aromatic nitrogens is 3. The standard InChI is InChI=1S/C15H18N4O2/c1-4-9-16-14(20)13-15(21-3)19(18-17-13)10-12-7-5-11(2)6-8-12/h4-8H,1,9-10H2,2-3H3,(H,16,20). The number of amides is 1. The van der Waals surface area contributed by atoms with Crippen molar-refractivity contribution >= 4 is 5.91 Å². The monoisotopic (exact) mass is 286 g/mol. The fourth-order valence-corrected chi connectivity index (χ4v) is 1.87. The molecule has 0 unspecified atom stereocenters. The normalized spacial score (nSPS) is 10.2. The number of hydrogen-bond acceptors (Lipinski definition) is 4. The van der Waals surface area contributed by atoms with Crippen molar-refractivity contribution in [3.8, 4) is 5.88 Å². The molecule has 0 saturated heterocycles. The van der Waals surface area contributed by atoms with Gasteiger partial charge >= 0.3 is 0 Å². The van der Waals surface area contributed by atoms with E-state index in [2.05, 4.69) is 22.2 Å². The van der Waals surface area contributed by atoms with E-state index in [4.69, 9.17) is 4.74 Å². The molecule has 1 heterocycles. The van der Waals surface area contributed by atoms with Crippen LogP contribution in [0.5, 0.6) is 5.88 Å². The van der Waals surface area contributed by atoms with Gasteiger partial charge in [0.15, 0.2) is 0 Å². The first-order valence-electron chi connectivity index (χ1n) is 6.57. The second kappa shape index (κ2) is 6.69. The van der Waals surface area contributed by atoms with E-state index in [0.29, 0.717) is 19.0 Å². The van der Waals surface area contributed by atoms with Crippen LogP contribution in [-0.4, -0.2) is 34.6 Å². The van der Waals surface area contributed by atoms with Crippen LogP contribution in [0.25, 0.3) is 0 Å². The first-order chi connectivity index (χ1) is 10.2. The van der Waals surface area contributed by atoms with Crippen molar-refractivity contribution in [2.75, 3.05) is 13.7 Å². The summed E-state index contributed by atoms with van der Waals surface area (Å²) in [6.07, 6.45) is 1.60. The molecule has 0 aliphatic carbocycles. The number of rotatable bonds is 6. The molecule has 0 saturated carbocycles. The molecule has 0 spiro atoms. The lowest BCUT2D eigenvalue weighted by molar-refractivity contribution is 0.0949. The highest BCUT2D eigenvalue weighted by Crippen LogP contribution is 2.17. The van der Waals surface area contributed by atoms with Crippen LogP contribution in [0.3, 0.4) is 0 Å². The van der Waals surface area contributed by atoms with Gasteiger partial charge in [-0.2, -0.15) is 0 Å². The van der Waals surface area contributed by atoms with E-state index in [1.807, 2.05) is 31.2 Å². The third-order valence-electron chi connectivity index (χ3n) is 2.96. The van der Waals surface area contributed by atoms with Gasteiger partial charge in [0, 0.05) is 6.54 Å². The molecule has 110 valence electrons. The lowest BCUT2D eigenvalue weighted by Crippen LogP contribution is -2.24. The van der Waals surface area contributed by atoms with E-state index in [9.17, 15) is 4.79 Å². The van der Waals surface area contributed by atoms with E-state index in [1.165, 1.54) is 12.7 Å². The first-order valence-corrected chi connectivity index (χ1v) is 6.57. The molecular formula is C15H18N4O2. The number of carbonyl (C=O) groups excluding carboxylic acids is 1. The van der Waals surface area contributed by atoms with Crippen LogP contribution in [-0.2, 0) is 6.54 Å². The fraction of sp³-hybridized carbons (Fsp3) is 0.267. The van der Waals surface area contributed by atoms with Crippen molar-refractivity contribution in [3.63, 3.8) is 0 Å². The van der Waals surface area contributed by atoms with Crippen LogP contribution in [0.4, 0.5) is 0 Å². The molecular weight excluding hydrogens is 268 g/mol. The third-order valence-corrected chi connectivity index (χ3v) is 2.96. The summed E-state index contributed by atoms with van der Waals surface area (Å²) < 4.78 is 6.83. The van der Waals surface area contributed by atoms with Crippen LogP contribution >= 0.6 is 0 Å². The number of nitrogens with zero attached hydrogens (tertiary/aromatic N) is 3. The van der Waals surface area contributed by atoms with Gasteiger partial charge in [-0.15, -0.1) is 11.7 Å². The van der Waals surface area contributed by atoms with Crippen molar-refractivity contribution in [2.45, 2.75) is 13.5 Å². The van der Waals surface area contributed by atoms with E-state index in [0.717, 1.165) is 5.56 Å². The Balaban J connectivity index is 2.20. The summed E-state index contributed by atoms with van der Waals surface area (Å²) in [5.74, 6) is 0.0130. The zero-order valence-electron chi connectivity index (χ0n) is 12.2. The summed E-state index contributed by atoms with van der Waals surface area (Å²) >= 11 is 0. The summed E-state index contributed by atoms with van der Waals surface area (Å²) in [6, 6.07) is 8.06. The van der Waals surface area contributed by atoms with Gasteiger partial charge in [0.2, 0.25) is 11.6 Å². The molecule has 0 aliphatic rings. The van der Waals surface area contributed by atoms with Gasteiger partial charge < -0.3 is 10.1 Å². The lowest BCUT2D eigenvalue weighted by Gasteiger charge is -2.07. The van der Waals surface area contributed by atoms with E-state index in [1.54, 1.807) is 10.8 Å². The molecule has 1 N–H and O–H groups in total. The SMILES string of the molecule is C=CCNC(=O)c1nnn(Cc2ccc(C)cc2)c1OC. The molecule has 2 aromatic rings. The highest BCUT2D eigenvalue weighted by atomic mass is 16.5. The van der Waals surface area contributed by atoms with Crippen LogP contribution < -0.4 is 10.1 Å². The zero-order valence-corrected chi connectivity index (χ0v) is 12.2. The third kappa shape index (κ3) is 3.47. The van der Waals surface area contributed by atoms with Crippen LogP contribution in [0, 0.1) is 6.92 Å². The first kappa shape index (κ1) is 14.8. The Morgan fingerprint density at radius 2 is 2.14 bits per heavy atom. The molecule has 0 aliphatic heterocycles. The number of ether oxygens (including phenoxy) is 1. The smallest absolute Gasteiger partial charge is 0.277 e. The molecule has 6 heteroatoms. The Kier molecular flexibility index (Phi) is 4.71. The van der Waals surface area contributed by atoms with Gasteiger partial charge in [0.1, 0.15) is 0 Å². The summed E-state index contributed by atoms with van der Waals surface area (Å²) in [5.41, 5.74) is 2.42. The van der Waals surface area contributed by atoms with Gasteiger partial charge in [-0.1, -0.05) is 41.1 Å². The van der Waals surface area contributed by atoms with Gasteiger partial charge in [0.25, 0.3) is 5.91 Å². The Morgan fingerprint density at radius 3 is 2.76 bits per heavy atom. The number of carbonyl (C=O) groups is 1. The Hall–Kier alpha value is -2.63. The molecule has 2 rings (SSSR count). The molecule has 1 aromatic heterocycles. The van der Waals surface area contributed by atoms with E-state index in [-0.39, 0.29) is 11.6 Å². The minimum atomic E-state index is -0.332. The van der Waals surface area contributed by atoms with Gasteiger partial charge in [-0.25, -0.2) is 4.68 Å². The fourth-order valence-electron chi connectivity index (χ4n) is 1.87. The van der Waals surface area contributed by atoms with E-state index < -0.39 is 0 Å². The number of hydrogen-bond donors (Lipinski definition) is 1. The Labute approximate surface area is 123 Å². The van der Waals surface area contributed by atoms with Crippen molar-refractivity contribution < 1.29 is 9.53 Å². The van der Waals surface area contributed by atoms with E-state index >= 15 is 0 Å². The summed E-state index contributed by atoms with van der Waals surface area (Å²) in [7, 11) is 1.49. The molecule has 6 nitrogen and oxygen atoms in total. The molecule has 0 bridgehead atoms. The van der Waals surface area contributed by atoms with Crippen molar-refractivity contribution in [1.82, 2.24) is 20.3 Å². The second-order valence-electron chi connectivity index (χ2n) is 4.59. The Morgan fingerprint density at radius 1 is 1.43 bits per heavy atom. The molecule has 1 aromatic carbocycles.